The number of hydrogen-bond donors (Lipinski definition) is 2. The van der Waals surface area contributed by atoms with E-state index in [0.29, 0.717) is 23.3 Å². The number of nitrogen functional groups attached to an aromatic ring is 1. The van der Waals surface area contributed by atoms with Gasteiger partial charge < -0.3 is 10.6 Å². The quantitative estimate of drug-likeness (QED) is 0.254. The number of hydrogen-bond acceptors (Lipinski definition) is 7. The van der Waals surface area contributed by atoms with Gasteiger partial charge in [0.1, 0.15) is 5.82 Å². The van der Waals surface area contributed by atoms with Crippen molar-refractivity contribution in [2.45, 2.75) is 65.0 Å². The molecule has 1 amide bonds. The summed E-state index contributed by atoms with van der Waals surface area (Å²) in [4.78, 5) is 37.0. The average molecular weight is 524 g/mol. The summed E-state index contributed by atoms with van der Waals surface area (Å²) in [7, 11) is 0. The van der Waals surface area contributed by atoms with Crippen molar-refractivity contribution in [3.8, 4) is 22.4 Å². The first-order chi connectivity index (χ1) is 18.7. The fraction of sp³-hybridized carbons (Fsp3) is 0.333. The monoisotopic (exact) mass is 523 g/mol. The van der Waals surface area contributed by atoms with Gasteiger partial charge in [-0.15, -0.1) is 0 Å². The van der Waals surface area contributed by atoms with E-state index in [9.17, 15) is 9.59 Å². The van der Waals surface area contributed by atoms with E-state index in [1.807, 2.05) is 61.2 Å². The van der Waals surface area contributed by atoms with Crippen molar-refractivity contribution >= 4 is 28.9 Å². The van der Waals surface area contributed by atoms with Crippen LogP contribution < -0.4 is 5.73 Å². The van der Waals surface area contributed by atoms with Crippen LogP contribution >= 0.6 is 0 Å². The molecular weight excluding hydrogens is 490 g/mol. The number of Topliss-reactive ketones (excluding diaryl/α,β-unsaturated/α-hetero) is 1. The summed E-state index contributed by atoms with van der Waals surface area (Å²) >= 11 is 0. The molecule has 1 aliphatic heterocycles. The first-order valence-electron chi connectivity index (χ1n) is 13.2. The summed E-state index contributed by atoms with van der Waals surface area (Å²) < 4.78 is 1.51. The molecule has 39 heavy (non-hydrogen) atoms. The number of benzene rings is 1. The molecule has 1 aromatic carbocycles. The zero-order chi connectivity index (χ0) is 27.8. The van der Waals surface area contributed by atoms with Crippen molar-refractivity contribution in [2.24, 2.45) is 0 Å². The lowest BCUT2D eigenvalue weighted by Gasteiger charge is -2.30. The maximum atomic E-state index is 12.8. The number of likely N-dealkylation sites (tertiary alicyclic amines) is 1. The van der Waals surface area contributed by atoms with Crippen LogP contribution in [0, 0.1) is 5.41 Å². The maximum absolute atomic E-state index is 12.8. The Morgan fingerprint density at radius 2 is 1.82 bits per heavy atom. The molecule has 4 heterocycles. The van der Waals surface area contributed by atoms with Crippen LogP contribution in [0.25, 0.3) is 28.0 Å². The fourth-order valence-corrected chi connectivity index (χ4v) is 5.67. The van der Waals surface area contributed by atoms with E-state index in [0.717, 1.165) is 35.2 Å². The number of ketones is 1. The summed E-state index contributed by atoms with van der Waals surface area (Å²) in [5.41, 5.74) is 11.6. The van der Waals surface area contributed by atoms with Gasteiger partial charge in [-0.05, 0) is 46.1 Å². The van der Waals surface area contributed by atoms with Crippen molar-refractivity contribution in [1.29, 1.82) is 5.41 Å². The highest BCUT2D eigenvalue weighted by atomic mass is 16.2. The first-order valence-corrected chi connectivity index (χ1v) is 13.2. The molecule has 200 valence electrons. The molecule has 5 rings (SSSR count). The second-order valence-corrected chi connectivity index (χ2v) is 10.5. The Balaban J connectivity index is 1.53. The van der Waals surface area contributed by atoms with Gasteiger partial charge in [-0.3, -0.25) is 20.0 Å². The lowest BCUT2D eigenvalue weighted by Crippen LogP contribution is -2.43. The Hall–Kier alpha value is -4.40. The number of aromatic nitrogens is 4. The van der Waals surface area contributed by atoms with E-state index in [2.05, 4.69) is 10.1 Å². The molecule has 3 unspecified atom stereocenters. The van der Waals surface area contributed by atoms with Gasteiger partial charge in [0, 0.05) is 40.9 Å². The van der Waals surface area contributed by atoms with Gasteiger partial charge in [0.2, 0.25) is 0 Å². The van der Waals surface area contributed by atoms with Gasteiger partial charge >= 0.3 is 0 Å². The Morgan fingerprint density at radius 1 is 1.08 bits per heavy atom. The Kier molecular flexibility index (Phi) is 6.99. The van der Waals surface area contributed by atoms with Crippen LogP contribution in [-0.4, -0.2) is 54.0 Å². The lowest BCUT2D eigenvalue weighted by atomic mass is 9.92. The lowest BCUT2D eigenvalue weighted by molar-refractivity contribution is -0.126. The Morgan fingerprint density at radius 3 is 2.46 bits per heavy atom. The summed E-state index contributed by atoms with van der Waals surface area (Å²) in [5, 5.41) is 12.3. The number of nitrogens with two attached hydrogens (primary N) is 1. The second-order valence-electron chi connectivity index (χ2n) is 10.5. The van der Waals surface area contributed by atoms with Crippen LogP contribution in [0.3, 0.4) is 0 Å². The molecule has 3 aromatic heterocycles. The Labute approximate surface area is 227 Å². The molecule has 1 aliphatic rings. The third kappa shape index (κ3) is 4.80. The van der Waals surface area contributed by atoms with Crippen molar-refractivity contribution < 1.29 is 9.59 Å². The molecule has 9 nitrogen and oxygen atoms in total. The number of nitrogens with one attached hydrogen (secondary N) is 1. The van der Waals surface area contributed by atoms with Gasteiger partial charge in [-0.1, -0.05) is 43.3 Å². The zero-order valence-electron chi connectivity index (χ0n) is 22.7. The van der Waals surface area contributed by atoms with E-state index in [1.54, 1.807) is 12.4 Å². The largest absolute Gasteiger partial charge is 0.383 e. The zero-order valence-corrected chi connectivity index (χ0v) is 22.7. The minimum Gasteiger partial charge on any atom is -0.383 e. The molecule has 0 spiro atoms. The third-order valence-corrected chi connectivity index (χ3v) is 7.64. The smallest absolute Gasteiger partial charge is 0.267 e. The summed E-state index contributed by atoms with van der Waals surface area (Å²) in [6.45, 7) is 7.04. The first kappa shape index (κ1) is 26.2. The van der Waals surface area contributed by atoms with Gasteiger partial charge in [-0.25, -0.2) is 4.98 Å². The van der Waals surface area contributed by atoms with Crippen LogP contribution in [0.5, 0.6) is 0 Å². The standard InChI is InChI=1S/C30H33N7O2/c1-17(14-23-12-10-18(2)36(23)30(39)19(3)31)27-26(20(4)38)28(32)37-29(35-27)24(16-34-37)22-11-13-25(33-15-22)21-8-6-5-7-9-21/h5-9,11,13,15-18,23,31H,10,12,14,32H2,1-4H3. The average Bonchev–Trinajstić information content (AvgIpc) is 3.52. The highest BCUT2D eigenvalue weighted by molar-refractivity contribution is 6.36. The second kappa shape index (κ2) is 10.4. The third-order valence-electron chi connectivity index (χ3n) is 7.64. The van der Waals surface area contributed by atoms with Gasteiger partial charge in [0.15, 0.2) is 11.4 Å². The molecule has 1 fully saturated rings. The van der Waals surface area contributed by atoms with Gasteiger partial charge in [0.25, 0.3) is 5.91 Å². The van der Waals surface area contributed by atoms with Crippen LogP contribution in [-0.2, 0) is 4.79 Å². The molecule has 3 N–H and O–H groups in total. The topological polar surface area (TPSA) is 130 Å². The van der Waals surface area contributed by atoms with Crippen molar-refractivity contribution in [3.63, 3.8) is 0 Å². The molecule has 0 saturated carbocycles. The van der Waals surface area contributed by atoms with E-state index in [-0.39, 0.29) is 41.2 Å². The molecule has 0 radical (unpaired) electrons. The molecule has 4 aromatic rings. The normalized spacial score (nSPS) is 17.9. The van der Waals surface area contributed by atoms with E-state index < -0.39 is 0 Å². The minimum atomic E-state index is -0.239. The fourth-order valence-electron chi connectivity index (χ4n) is 5.67. The highest BCUT2D eigenvalue weighted by Crippen LogP contribution is 2.36. The number of amides is 1. The number of nitrogens with zero attached hydrogens (tertiary/aromatic N) is 5. The van der Waals surface area contributed by atoms with Gasteiger partial charge in [0.05, 0.1) is 28.9 Å². The molecule has 3 atom stereocenters. The van der Waals surface area contributed by atoms with Crippen molar-refractivity contribution in [2.75, 3.05) is 5.73 Å². The summed E-state index contributed by atoms with van der Waals surface area (Å²) in [6.07, 6.45) is 5.83. The van der Waals surface area contributed by atoms with Crippen molar-refractivity contribution in [1.82, 2.24) is 24.5 Å². The van der Waals surface area contributed by atoms with Crippen LogP contribution in [0.15, 0.2) is 54.9 Å². The van der Waals surface area contributed by atoms with Crippen LogP contribution in [0.4, 0.5) is 5.82 Å². The summed E-state index contributed by atoms with van der Waals surface area (Å²) in [5.74, 6) is -0.333. The van der Waals surface area contributed by atoms with Crippen LogP contribution in [0.2, 0.25) is 0 Å². The molecule has 0 bridgehead atoms. The van der Waals surface area contributed by atoms with Gasteiger partial charge in [-0.2, -0.15) is 9.61 Å². The SMILES string of the molecule is CC(=N)C(=O)N1C(C)CCC1CC(C)c1nc2c(-c3ccc(-c4ccccc4)nc3)cnn2c(N)c1C(C)=O. The minimum absolute atomic E-state index is 0.0328. The van der Waals surface area contributed by atoms with E-state index in [4.69, 9.17) is 16.1 Å². The number of anilines is 1. The van der Waals surface area contributed by atoms with Crippen LogP contribution in [0.1, 0.15) is 68.9 Å². The molecule has 1 saturated heterocycles. The highest BCUT2D eigenvalue weighted by Gasteiger charge is 2.36. The number of carbonyl (C=O) groups is 2. The molecule has 0 aliphatic carbocycles. The number of pyridine rings is 1. The summed E-state index contributed by atoms with van der Waals surface area (Å²) in [6, 6.07) is 13.9. The predicted molar refractivity (Wildman–Crippen MR) is 152 cm³/mol. The predicted octanol–water partition coefficient (Wildman–Crippen LogP) is 5.16. The Bertz CT molecular complexity index is 1560. The number of carbonyl (C=O) groups excluding carboxylic acids is 2. The van der Waals surface area contributed by atoms with Crippen molar-refractivity contribution in [3.05, 3.63) is 66.1 Å². The van der Waals surface area contributed by atoms with E-state index >= 15 is 0 Å². The maximum Gasteiger partial charge on any atom is 0.267 e. The molecule has 9 heteroatoms. The number of rotatable bonds is 7. The van der Waals surface area contributed by atoms with E-state index in [1.165, 1.54) is 18.4 Å². The molecular formula is C30H33N7O2. The number of fused-ring (bicyclic) bond motifs is 1.